The summed E-state index contributed by atoms with van der Waals surface area (Å²) >= 11 is 0. The maximum absolute atomic E-state index is 12.9. The highest BCUT2D eigenvalue weighted by atomic mass is 16.2. The van der Waals surface area contributed by atoms with Crippen molar-refractivity contribution >= 4 is 17.5 Å². The normalized spacial score (nSPS) is 12.9. The second-order valence-electron chi connectivity index (χ2n) is 8.45. The van der Waals surface area contributed by atoms with Gasteiger partial charge < -0.3 is 10.2 Å². The number of aromatic nitrogens is 1. The number of benzene rings is 2. The van der Waals surface area contributed by atoms with E-state index in [1.165, 1.54) is 5.56 Å². The van der Waals surface area contributed by atoms with Crippen LogP contribution in [0.3, 0.4) is 0 Å². The topological polar surface area (TPSA) is 62.3 Å². The molecule has 1 fully saturated rings. The smallest absolute Gasteiger partial charge is 0.230 e. The zero-order valence-electron chi connectivity index (χ0n) is 18.5. The number of hydrogen-bond donors (Lipinski definition) is 1. The summed E-state index contributed by atoms with van der Waals surface area (Å²) in [5, 5.41) is 2.95. The largest absolute Gasteiger partial charge is 0.355 e. The molecule has 164 valence electrons. The van der Waals surface area contributed by atoms with Crippen LogP contribution >= 0.6 is 0 Å². The molecule has 2 aromatic carbocycles. The predicted octanol–water partition coefficient (Wildman–Crippen LogP) is 4.23. The summed E-state index contributed by atoms with van der Waals surface area (Å²) in [6.07, 6.45) is 4.73. The highest BCUT2D eigenvalue weighted by Crippen LogP contribution is 2.33. The molecule has 0 radical (unpaired) electrons. The van der Waals surface area contributed by atoms with Gasteiger partial charge in [0.05, 0.1) is 13.0 Å². The van der Waals surface area contributed by atoms with Crippen molar-refractivity contribution in [3.63, 3.8) is 0 Å². The molecule has 1 N–H and O–H groups in total. The first-order chi connectivity index (χ1) is 15.6. The van der Waals surface area contributed by atoms with Crippen molar-refractivity contribution in [3.8, 4) is 0 Å². The van der Waals surface area contributed by atoms with Gasteiger partial charge in [0.2, 0.25) is 11.8 Å². The van der Waals surface area contributed by atoms with Gasteiger partial charge in [-0.25, -0.2) is 0 Å². The third-order valence-corrected chi connectivity index (χ3v) is 5.70. The third-order valence-electron chi connectivity index (χ3n) is 5.70. The highest BCUT2D eigenvalue weighted by Gasteiger charge is 2.34. The average Bonchev–Trinajstić information content (AvgIpc) is 3.65. The van der Waals surface area contributed by atoms with E-state index in [-0.39, 0.29) is 17.7 Å². The van der Waals surface area contributed by atoms with E-state index in [1.54, 1.807) is 6.20 Å². The summed E-state index contributed by atoms with van der Waals surface area (Å²) in [5.74, 6) is 0.315. The molecule has 5 nitrogen and oxygen atoms in total. The lowest BCUT2D eigenvalue weighted by Crippen LogP contribution is -2.31. The molecular weight excluding hydrogens is 398 g/mol. The van der Waals surface area contributed by atoms with E-state index >= 15 is 0 Å². The minimum atomic E-state index is -0.0146. The Morgan fingerprint density at radius 2 is 1.69 bits per heavy atom. The van der Waals surface area contributed by atoms with Gasteiger partial charge in [0.1, 0.15) is 0 Å². The summed E-state index contributed by atoms with van der Waals surface area (Å²) in [5.41, 5.74) is 5.09. The standard InChI is InChI=1S/C27H29N3O2/c1-20-5-7-22(8-6-20)19-30(27(32)23-11-12-23)25-13-9-21(10-14-25)18-26(31)29-17-15-24-4-2-3-16-28-24/h2-10,13-14,16,23H,11-12,15,17-19H2,1H3,(H,29,31). The Morgan fingerprint density at radius 3 is 2.34 bits per heavy atom. The Morgan fingerprint density at radius 1 is 0.969 bits per heavy atom. The van der Waals surface area contributed by atoms with E-state index in [0.717, 1.165) is 35.3 Å². The molecular formula is C27H29N3O2. The molecule has 2 amide bonds. The predicted molar refractivity (Wildman–Crippen MR) is 126 cm³/mol. The maximum atomic E-state index is 12.9. The van der Waals surface area contributed by atoms with Gasteiger partial charge in [0.15, 0.2) is 0 Å². The molecule has 0 unspecified atom stereocenters. The van der Waals surface area contributed by atoms with E-state index in [9.17, 15) is 9.59 Å². The number of amides is 2. The number of rotatable bonds is 9. The highest BCUT2D eigenvalue weighted by molar-refractivity contribution is 5.96. The van der Waals surface area contributed by atoms with Gasteiger partial charge in [0, 0.05) is 36.5 Å². The quantitative estimate of drug-likeness (QED) is 0.556. The lowest BCUT2D eigenvalue weighted by molar-refractivity contribution is -0.121. The van der Waals surface area contributed by atoms with Crippen molar-refractivity contribution in [3.05, 3.63) is 95.3 Å². The van der Waals surface area contributed by atoms with E-state index in [0.29, 0.717) is 25.9 Å². The van der Waals surface area contributed by atoms with Crippen LogP contribution in [-0.2, 0) is 29.0 Å². The SMILES string of the molecule is Cc1ccc(CN(C(=O)C2CC2)c2ccc(CC(=O)NCCc3ccccn3)cc2)cc1. The Labute approximate surface area is 189 Å². The fourth-order valence-electron chi connectivity index (χ4n) is 3.64. The van der Waals surface area contributed by atoms with Crippen LogP contribution in [-0.4, -0.2) is 23.3 Å². The molecule has 0 atom stereocenters. The van der Waals surface area contributed by atoms with Crippen LogP contribution < -0.4 is 10.2 Å². The Kier molecular flexibility index (Phi) is 6.95. The van der Waals surface area contributed by atoms with Gasteiger partial charge in [-0.05, 0) is 55.2 Å². The number of hydrogen-bond acceptors (Lipinski definition) is 3. The van der Waals surface area contributed by atoms with E-state index in [1.807, 2.05) is 47.4 Å². The summed E-state index contributed by atoms with van der Waals surface area (Å²) in [7, 11) is 0. The minimum absolute atomic E-state index is 0.0146. The molecule has 0 aliphatic heterocycles. The fraction of sp³-hybridized carbons (Fsp3) is 0.296. The summed E-state index contributed by atoms with van der Waals surface area (Å²) in [4.78, 5) is 31.4. The van der Waals surface area contributed by atoms with Gasteiger partial charge in [-0.15, -0.1) is 0 Å². The second kappa shape index (κ2) is 10.2. The van der Waals surface area contributed by atoms with Crippen LogP contribution in [0.15, 0.2) is 72.9 Å². The molecule has 3 aromatic rings. The third kappa shape index (κ3) is 6.03. The first kappa shape index (κ1) is 21.8. The van der Waals surface area contributed by atoms with E-state index < -0.39 is 0 Å². The van der Waals surface area contributed by atoms with Gasteiger partial charge >= 0.3 is 0 Å². The molecule has 5 heteroatoms. The molecule has 32 heavy (non-hydrogen) atoms. The molecule has 1 aromatic heterocycles. The molecule has 1 aliphatic carbocycles. The van der Waals surface area contributed by atoms with E-state index in [4.69, 9.17) is 0 Å². The van der Waals surface area contributed by atoms with Crippen LogP contribution in [0.4, 0.5) is 5.69 Å². The molecule has 1 aliphatic rings. The van der Waals surface area contributed by atoms with Crippen LogP contribution in [0, 0.1) is 12.8 Å². The lowest BCUT2D eigenvalue weighted by atomic mass is 10.1. The van der Waals surface area contributed by atoms with Crippen LogP contribution in [0.5, 0.6) is 0 Å². The Hall–Kier alpha value is -3.47. The molecule has 0 saturated heterocycles. The van der Waals surface area contributed by atoms with Crippen molar-refractivity contribution in [2.45, 2.75) is 39.2 Å². The van der Waals surface area contributed by atoms with Crippen molar-refractivity contribution in [1.82, 2.24) is 10.3 Å². The average molecular weight is 428 g/mol. The van der Waals surface area contributed by atoms with Crippen LogP contribution in [0.2, 0.25) is 0 Å². The Balaban J connectivity index is 1.35. The zero-order valence-corrected chi connectivity index (χ0v) is 18.5. The Bertz CT molecular complexity index is 1040. The fourth-order valence-corrected chi connectivity index (χ4v) is 3.64. The van der Waals surface area contributed by atoms with Crippen molar-refractivity contribution < 1.29 is 9.59 Å². The van der Waals surface area contributed by atoms with Gasteiger partial charge in [0.25, 0.3) is 0 Å². The second-order valence-corrected chi connectivity index (χ2v) is 8.45. The number of nitrogens with zero attached hydrogens (tertiary/aromatic N) is 2. The molecule has 1 heterocycles. The summed E-state index contributed by atoms with van der Waals surface area (Å²) < 4.78 is 0. The minimum Gasteiger partial charge on any atom is -0.355 e. The van der Waals surface area contributed by atoms with Gasteiger partial charge in [-0.3, -0.25) is 14.6 Å². The van der Waals surface area contributed by atoms with Gasteiger partial charge in [-0.1, -0.05) is 48.0 Å². The maximum Gasteiger partial charge on any atom is 0.230 e. The first-order valence-electron chi connectivity index (χ1n) is 11.2. The zero-order chi connectivity index (χ0) is 22.3. The molecule has 0 bridgehead atoms. The first-order valence-corrected chi connectivity index (χ1v) is 11.2. The monoisotopic (exact) mass is 427 g/mol. The molecule has 1 saturated carbocycles. The summed E-state index contributed by atoms with van der Waals surface area (Å²) in [6, 6.07) is 21.9. The molecule has 0 spiro atoms. The number of nitrogens with one attached hydrogen (secondary N) is 1. The van der Waals surface area contributed by atoms with Crippen molar-refractivity contribution in [2.24, 2.45) is 5.92 Å². The number of anilines is 1. The van der Waals surface area contributed by atoms with Crippen LogP contribution in [0.1, 0.15) is 35.2 Å². The van der Waals surface area contributed by atoms with Crippen molar-refractivity contribution in [1.29, 1.82) is 0 Å². The number of carbonyl (C=O) groups is 2. The van der Waals surface area contributed by atoms with Crippen molar-refractivity contribution in [2.75, 3.05) is 11.4 Å². The van der Waals surface area contributed by atoms with Gasteiger partial charge in [-0.2, -0.15) is 0 Å². The molecule has 4 rings (SSSR count). The van der Waals surface area contributed by atoms with E-state index in [2.05, 4.69) is 41.5 Å². The number of carbonyl (C=O) groups excluding carboxylic acids is 2. The number of aryl methyl sites for hydroxylation is 1. The van der Waals surface area contributed by atoms with Crippen LogP contribution in [0.25, 0.3) is 0 Å². The summed E-state index contributed by atoms with van der Waals surface area (Å²) in [6.45, 7) is 3.18. The lowest BCUT2D eigenvalue weighted by Gasteiger charge is -2.23. The number of pyridine rings is 1.